The van der Waals surface area contributed by atoms with Gasteiger partial charge in [-0.05, 0) is 18.8 Å². The number of hydrogen-bond acceptors (Lipinski definition) is 0. The lowest BCUT2D eigenvalue weighted by molar-refractivity contribution is 0.507. The van der Waals surface area contributed by atoms with E-state index in [0.717, 1.165) is 18.8 Å². The van der Waals surface area contributed by atoms with Crippen LogP contribution in [0.4, 0.5) is 0 Å². The van der Waals surface area contributed by atoms with Gasteiger partial charge in [-0.3, -0.25) is 0 Å². The largest absolute Gasteiger partial charge is 0.121 e. The van der Waals surface area contributed by atoms with Gasteiger partial charge in [0.05, 0.1) is 0 Å². The minimum Gasteiger partial charge on any atom is -0.121 e. The molecule has 0 rings (SSSR count). The van der Waals surface area contributed by atoms with Crippen molar-refractivity contribution in [1.82, 2.24) is 0 Å². The van der Waals surface area contributed by atoms with Gasteiger partial charge in [-0.25, -0.2) is 0 Å². The van der Waals surface area contributed by atoms with Gasteiger partial charge in [-0.15, -0.1) is 23.2 Å². The molecule has 21 heavy (non-hydrogen) atoms. The fraction of sp³-hybridized carbons (Fsp3) is 1.00. The molecule has 0 aliphatic rings. The van der Waals surface area contributed by atoms with Gasteiger partial charge in [-0.2, -0.15) is 0 Å². The molecular weight excluding hydrogens is 299 g/mol. The minimum atomic E-state index is 0.170. The van der Waals surface area contributed by atoms with Crippen molar-refractivity contribution < 1.29 is 0 Å². The Morgan fingerprint density at radius 1 is 0.571 bits per heavy atom. The van der Waals surface area contributed by atoms with Crippen LogP contribution < -0.4 is 0 Å². The lowest BCUT2D eigenvalue weighted by Crippen LogP contribution is -2.15. The Kier molecular flexibility index (Phi) is 15.9. The molecule has 0 bridgehead atoms. The lowest BCUT2D eigenvalue weighted by Gasteiger charge is -2.16. The van der Waals surface area contributed by atoms with Crippen molar-refractivity contribution >= 4 is 23.2 Å². The number of rotatable bonds is 15. The van der Waals surface area contributed by atoms with Crippen LogP contribution in [0.15, 0.2) is 0 Å². The smallest absolute Gasteiger partial charge is 0.0499 e. The van der Waals surface area contributed by atoms with Crippen LogP contribution in [0, 0.1) is 5.92 Å². The summed E-state index contributed by atoms with van der Waals surface area (Å²) in [6, 6.07) is 0. The molecule has 0 nitrogen and oxygen atoms in total. The quantitative estimate of drug-likeness (QED) is 0.210. The average Bonchev–Trinajstić information content (AvgIpc) is 2.45. The molecule has 0 aromatic carbocycles. The Balaban J connectivity index is 3.36. The van der Waals surface area contributed by atoms with Crippen LogP contribution in [0.5, 0.6) is 0 Å². The Morgan fingerprint density at radius 3 is 1.43 bits per heavy atom. The van der Waals surface area contributed by atoms with Crippen LogP contribution in [-0.4, -0.2) is 10.8 Å². The highest BCUT2D eigenvalue weighted by molar-refractivity contribution is 6.29. The van der Waals surface area contributed by atoms with Gasteiger partial charge in [0.25, 0.3) is 0 Å². The maximum atomic E-state index is 6.42. The van der Waals surface area contributed by atoms with Crippen molar-refractivity contribution in [2.45, 2.75) is 115 Å². The van der Waals surface area contributed by atoms with Crippen LogP contribution in [0.1, 0.15) is 104 Å². The summed E-state index contributed by atoms with van der Waals surface area (Å²) in [4.78, 5) is 0. The van der Waals surface area contributed by atoms with Gasteiger partial charge in [0, 0.05) is 10.8 Å². The van der Waals surface area contributed by atoms with Gasteiger partial charge < -0.3 is 0 Å². The molecule has 128 valence electrons. The summed E-state index contributed by atoms with van der Waals surface area (Å²) >= 11 is 12.8. The zero-order valence-electron chi connectivity index (χ0n) is 14.7. The monoisotopic (exact) mass is 336 g/mol. The molecule has 0 N–H and O–H groups in total. The highest BCUT2D eigenvalue weighted by atomic mass is 35.5. The van der Waals surface area contributed by atoms with Gasteiger partial charge >= 0.3 is 0 Å². The number of alkyl halides is 2. The summed E-state index contributed by atoms with van der Waals surface area (Å²) in [5, 5.41) is 0.342. The van der Waals surface area contributed by atoms with E-state index in [-0.39, 0.29) is 10.8 Å². The van der Waals surface area contributed by atoms with E-state index in [1.54, 1.807) is 0 Å². The summed E-state index contributed by atoms with van der Waals surface area (Å²) < 4.78 is 0. The molecule has 0 aromatic heterocycles. The third-order valence-corrected chi connectivity index (χ3v) is 5.41. The Bertz CT molecular complexity index is 204. The van der Waals surface area contributed by atoms with E-state index in [4.69, 9.17) is 23.2 Å². The summed E-state index contributed by atoms with van der Waals surface area (Å²) in [6.07, 6.45) is 16.9. The fourth-order valence-corrected chi connectivity index (χ4v) is 3.29. The van der Waals surface area contributed by atoms with E-state index in [2.05, 4.69) is 20.8 Å². The van der Waals surface area contributed by atoms with E-state index in [1.165, 1.54) is 70.6 Å². The molecule has 0 aromatic rings. The van der Waals surface area contributed by atoms with Crippen molar-refractivity contribution in [2.24, 2.45) is 5.92 Å². The van der Waals surface area contributed by atoms with E-state index >= 15 is 0 Å². The first-order valence-electron chi connectivity index (χ1n) is 9.36. The third kappa shape index (κ3) is 15.3. The zero-order valence-corrected chi connectivity index (χ0v) is 16.2. The second kappa shape index (κ2) is 15.5. The molecule has 2 unspecified atom stereocenters. The number of hydrogen-bond donors (Lipinski definition) is 0. The van der Waals surface area contributed by atoms with Crippen molar-refractivity contribution in [3.05, 3.63) is 0 Å². The lowest BCUT2D eigenvalue weighted by atomic mass is 10.0. The van der Waals surface area contributed by atoms with Crippen molar-refractivity contribution in [3.8, 4) is 0 Å². The first kappa shape index (κ1) is 21.6. The number of halogens is 2. The van der Waals surface area contributed by atoms with Crippen LogP contribution in [0.25, 0.3) is 0 Å². The summed E-state index contributed by atoms with van der Waals surface area (Å²) in [6.45, 7) is 6.83. The molecule has 0 fully saturated rings. The summed E-state index contributed by atoms with van der Waals surface area (Å²) in [7, 11) is 0. The van der Waals surface area contributed by atoms with Crippen LogP contribution in [-0.2, 0) is 0 Å². The highest BCUT2D eigenvalue weighted by Gasteiger charge is 2.15. The van der Waals surface area contributed by atoms with Crippen LogP contribution >= 0.6 is 23.2 Å². The topological polar surface area (TPSA) is 0 Å². The SMILES string of the molecule is CCCCCCCCCCC(Cl)C(Cl)CCCCC(C)C. The van der Waals surface area contributed by atoms with E-state index in [9.17, 15) is 0 Å². The normalized spacial score (nSPS) is 14.6. The molecule has 0 spiro atoms. The second-order valence-electron chi connectivity index (χ2n) is 6.97. The molecule has 0 saturated carbocycles. The molecule has 0 amide bonds. The van der Waals surface area contributed by atoms with E-state index in [0.29, 0.717) is 0 Å². The first-order valence-corrected chi connectivity index (χ1v) is 10.2. The Labute approximate surface area is 144 Å². The van der Waals surface area contributed by atoms with E-state index < -0.39 is 0 Å². The zero-order chi connectivity index (χ0) is 15.9. The van der Waals surface area contributed by atoms with Crippen molar-refractivity contribution in [1.29, 1.82) is 0 Å². The van der Waals surface area contributed by atoms with Gasteiger partial charge in [0.15, 0.2) is 0 Å². The van der Waals surface area contributed by atoms with Crippen molar-refractivity contribution in [2.75, 3.05) is 0 Å². The summed E-state index contributed by atoms with van der Waals surface area (Å²) in [5.41, 5.74) is 0. The van der Waals surface area contributed by atoms with Crippen LogP contribution in [0.2, 0.25) is 0 Å². The molecule has 0 aliphatic carbocycles. The predicted octanol–water partition coefficient (Wildman–Crippen LogP) is 7.95. The first-order chi connectivity index (χ1) is 10.1. The minimum absolute atomic E-state index is 0.170. The van der Waals surface area contributed by atoms with Gasteiger partial charge in [0.1, 0.15) is 0 Å². The average molecular weight is 337 g/mol. The second-order valence-corrected chi connectivity index (χ2v) is 8.10. The molecule has 0 heterocycles. The van der Waals surface area contributed by atoms with E-state index in [1.807, 2.05) is 0 Å². The molecule has 0 radical (unpaired) electrons. The van der Waals surface area contributed by atoms with Crippen LogP contribution in [0.3, 0.4) is 0 Å². The highest BCUT2D eigenvalue weighted by Crippen LogP contribution is 2.23. The van der Waals surface area contributed by atoms with Crippen molar-refractivity contribution in [3.63, 3.8) is 0 Å². The van der Waals surface area contributed by atoms with Gasteiger partial charge in [0.2, 0.25) is 0 Å². The predicted molar refractivity (Wildman–Crippen MR) is 99.8 cm³/mol. The Hall–Kier alpha value is 0.580. The third-order valence-electron chi connectivity index (χ3n) is 4.24. The molecule has 2 heteroatoms. The number of unbranched alkanes of at least 4 members (excludes halogenated alkanes) is 8. The fourth-order valence-electron chi connectivity index (χ4n) is 2.73. The molecule has 2 atom stereocenters. The maximum Gasteiger partial charge on any atom is 0.0499 e. The molecular formula is C19H38Cl2. The molecule has 0 aliphatic heterocycles. The maximum absolute atomic E-state index is 6.42. The van der Waals surface area contributed by atoms with Gasteiger partial charge in [-0.1, -0.05) is 91.4 Å². The standard InChI is InChI=1S/C19H38Cl2/c1-4-5-6-7-8-9-10-11-15-18(20)19(21)16-13-12-14-17(2)3/h17-19H,4-16H2,1-3H3. The summed E-state index contributed by atoms with van der Waals surface area (Å²) in [5.74, 6) is 0.808. The molecule has 0 saturated heterocycles. The Morgan fingerprint density at radius 2 is 0.952 bits per heavy atom.